The van der Waals surface area contributed by atoms with Gasteiger partial charge in [0, 0.05) is 25.2 Å². The summed E-state index contributed by atoms with van der Waals surface area (Å²) in [6, 6.07) is 8.67. The zero-order valence-electron chi connectivity index (χ0n) is 11.6. The van der Waals surface area contributed by atoms with E-state index in [4.69, 9.17) is 5.11 Å². The van der Waals surface area contributed by atoms with Crippen molar-refractivity contribution in [2.24, 2.45) is 0 Å². The molecule has 0 bridgehead atoms. The predicted octanol–water partition coefficient (Wildman–Crippen LogP) is 3.65. The van der Waals surface area contributed by atoms with Crippen LogP contribution in [0.15, 0.2) is 24.3 Å². The van der Waals surface area contributed by atoms with E-state index in [2.05, 4.69) is 36.1 Å². The monoisotopic (exact) mass is 261 g/mol. The highest BCUT2D eigenvalue weighted by Crippen LogP contribution is 2.34. The van der Waals surface area contributed by atoms with Gasteiger partial charge in [0.05, 0.1) is 0 Å². The molecule has 0 aliphatic carbocycles. The average Bonchev–Trinajstić information content (AvgIpc) is 2.41. The van der Waals surface area contributed by atoms with E-state index in [1.165, 1.54) is 17.7 Å². The highest BCUT2D eigenvalue weighted by atomic mass is 16.4. The first-order chi connectivity index (χ1) is 9.18. The molecule has 104 valence electrons. The first kappa shape index (κ1) is 13.9. The minimum Gasteiger partial charge on any atom is -0.481 e. The van der Waals surface area contributed by atoms with E-state index in [1.54, 1.807) is 0 Å². The van der Waals surface area contributed by atoms with Gasteiger partial charge in [-0.15, -0.1) is 0 Å². The molecular weight excluding hydrogens is 238 g/mol. The summed E-state index contributed by atoms with van der Waals surface area (Å²) in [6.07, 6.45) is 4.39. The maximum atomic E-state index is 10.5. The zero-order valence-corrected chi connectivity index (χ0v) is 11.6. The van der Waals surface area contributed by atoms with Crippen LogP contribution in [0, 0.1) is 0 Å². The molecule has 0 aromatic heterocycles. The summed E-state index contributed by atoms with van der Waals surface area (Å²) in [5.74, 6) is -0.0309. The molecule has 1 atom stereocenters. The Balaban J connectivity index is 1.85. The number of fused-ring (bicyclic) bond motifs is 1. The van der Waals surface area contributed by atoms with Crippen LogP contribution in [0.4, 0.5) is 5.69 Å². The van der Waals surface area contributed by atoms with Crippen LogP contribution in [0.2, 0.25) is 0 Å². The van der Waals surface area contributed by atoms with Gasteiger partial charge in [-0.2, -0.15) is 0 Å². The number of unbranched alkanes of at least 4 members (excludes halogenated alkanes) is 2. The SMILES string of the molecule is CC1CCN(CCCCCC(=O)O)c2ccccc21. The molecule has 1 unspecified atom stereocenters. The summed E-state index contributed by atoms with van der Waals surface area (Å²) in [5.41, 5.74) is 2.83. The van der Waals surface area contributed by atoms with Gasteiger partial charge in [0.1, 0.15) is 0 Å². The number of carboxylic acid groups (broad SMARTS) is 1. The van der Waals surface area contributed by atoms with Gasteiger partial charge in [-0.1, -0.05) is 31.5 Å². The van der Waals surface area contributed by atoms with Gasteiger partial charge in [0.2, 0.25) is 0 Å². The molecule has 0 amide bonds. The maximum absolute atomic E-state index is 10.5. The fourth-order valence-electron chi connectivity index (χ4n) is 2.81. The molecule has 1 aromatic rings. The number of rotatable bonds is 6. The lowest BCUT2D eigenvalue weighted by Gasteiger charge is -2.34. The second-order valence-electron chi connectivity index (χ2n) is 5.44. The van der Waals surface area contributed by atoms with E-state index < -0.39 is 5.97 Å². The van der Waals surface area contributed by atoms with Crippen molar-refractivity contribution in [1.82, 2.24) is 0 Å². The highest BCUT2D eigenvalue weighted by Gasteiger charge is 2.20. The third-order valence-electron chi connectivity index (χ3n) is 3.96. The van der Waals surface area contributed by atoms with Crippen LogP contribution in [0.1, 0.15) is 50.5 Å². The molecule has 19 heavy (non-hydrogen) atoms. The van der Waals surface area contributed by atoms with Crippen molar-refractivity contribution in [2.45, 2.75) is 44.9 Å². The van der Waals surface area contributed by atoms with Crippen LogP contribution in [0.5, 0.6) is 0 Å². The van der Waals surface area contributed by atoms with E-state index in [-0.39, 0.29) is 0 Å². The molecule has 0 saturated heterocycles. The van der Waals surface area contributed by atoms with Crippen LogP contribution in [0.25, 0.3) is 0 Å². The van der Waals surface area contributed by atoms with E-state index in [1.807, 2.05) is 0 Å². The van der Waals surface area contributed by atoms with Crippen LogP contribution >= 0.6 is 0 Å². The van der Waals surface area contributed by atoms with Crippen molar-refractivity contribution in [3.63, 3.8) is 0 Å². The number of para-hydroxylation sites is 1. The predicted molar refractivity (Wildman–Crippen MR) is 77.8 cm³/mol. The number of carboxylic acids is 1. The molecule has 0 spiro atoms. The van der Waals surface area contributed by atoms with E-state index in [0.717, 1.165) is 32.4 Å². The molecule has 3 heteroatoms. The Morgan fingerprint density at radius 1 is 1.32 bits per heavy atom. The maximum Gasteiger partial charge on any atom is 0.303 e. The third-order valence-corrected chi connectivity index (χ3v) is 3.96. The van der Waals surface area contributed by atoms with Gasteiger partial charge >= 0.3 is 5.97 Å². The topological polar surface area (TPSA) is 40.5 Å². The number of benzene rings is 1. The van der Waals surface area contributed by atoms with Crippen LogP contribution in [-0.2, 0) is 4.79 Å². The molecular formula is C16H23NO2. The van der Waals surface area contributed by atoms with Crippen LogP contribution < -0.4 is 4.90 Å². The highest BCUT2D eigenvalue weighted by molar-refractivity contribution is 5.66. The Bertz CT molecular complexity index is 431. The molecule has 0 saturated carbocycles. The second-order valence-corrected chi connectivity index (χ2v) is 5.44. The van der Waals surface area contributed by atoms with E-state index >= 15 is 0 Å². The Morgan fingerprint density at radius 2 is 2.11 bits per heavy atom. The van der Waals surface area contributed by atoms with E-state index in [0.29, 0.717) is 12.3 Å². The normalized spacial score (nSPS) is 18.2. The van der Waals surface area contributed by atoms with Gasteiger partial charge in [0.15, 0.2) is 0 Å². The quantitative estimate of drug-likeness (QED) is 0.795. The Hall–Kier alpha value is -1.51. The molecule has 2 rings (SSSR count). The van der Waals surface area contributed by atoms with Crippen molar-refractivity contribution in [3.8, 4) is 0 Å². The Labute approximate surface area is 115 Å². The summed E-state index contributed by atoms with van der Waals surface area (Å²) >= 11 is 0. The number of hydrogen-bond acceptors (Lipinski definition) is 2. The number of anilines is 1. The average molecular weight is 261 g/mol. The molecule has 1 heterocycles. The van der Waals surface area contributed by atoms with Gasteiger partial charge < -0.3 is 10.0 Å². The van der Waals surface area contributed by atoms with Gasteiger partial charge in [0.25, 0.3) is 0 Å². The molecule has 3 nitrogen and oxygen atoms in total. The molecule has 1 aliphatic rings. The van der Waals surface area contributed by atoms with Crippen molar-refractivity contribution in [2.75, 3.05) is 18.0 Å². The Kier molecular flexibility index (Phi) is 4.83. The van der Waals surface area contributed by atoms with Gasteiger partial charge in [-0.25, -0.2) is 0 Å². The molecule has 0 fully saturated rings. The standard InChI is InChI=1S/C16H23NO2/c1-13-10-12-17(11-6-2-3-9-16(18)19)15-8-5-4-7-14(13)15/h4-5,7-8,13H,2-3,6,9-12H2,1H3,(H,18,19). The van der Waals surface area contributed by atoms with Crippen LogP contribution in [0.3, 0.4) is 0 Å². The lowest BCUT2D eigenvalue weighted by atomic mass is 9.91. The fourth-order valence-corrected chi connectivity index (χ4v) is 2.81. The van der Waals surface area contributed by atoms with Crippen molar-refractivity contribution in [3.05, 3.63) is 29.8 Å². The smallest absolute Gasteiger partial charge is 0.303 e. The second kappa shape index (κ2) is 6.60. The minimum atomic E-state index is -0.683. The summed E-state index contributed by atoms with van der Waals surface area (Å²) in [6.45, 7) is 4.46. The van der Waals surface area contributed by atoms with Gasteiger partial charge in [-0.05, 0) is 36.8 Å². The molecule has 1 aromatic carbocycles. The largest absolute Gasteiger partial charge is 0.481 e. The molecule has 0 radical (unpaired) electrons. The van der Waals surface area contributed by atoms with Crippen molar-refractivity contribution < 1.29 is 9.90 Å². The number of aliphatic carboxylic acids is 1. The summed E-state index contributed by atoms with van der Waals surface area (Å²) in [4.78, 5) is 12.9. The molecule has 1 aliphatic heterocycles. The first-order valence-corrected chi connectivity index (χ1v) is 7.24. The zero-order chi connectivity index (χ0) is 13.7. The summed E-state index contributed by atoms with van der Waals surface area (Å²) < 4.78 is 0. The molecule has 1 N–H and O–H groups in total. The van der Waals surface area contributed by atoms with Crippen molar-refractivity contribution in [1.29, 1.82) is 0 Å². The third kappa shape index (κ3) is 3.72. The first-order valence-electron chi connectivity index (χ1n) is 7.24. The lowest BCUT2D eigenvalue weighted by Crippen LogP contribution is -2.31. The fraction of sp³-hybridized carbons (Fsp3) is 0.562. The summed E-state index contributed by atoms with van der Waals surface area (Å²) in [7, 11) is 0. The van der Waals surface area contributed by atoms with Gasteiger partial charge in [-0.3, -0.25) is 4.79 Å². The Morgan fingerprint density at radius 3 is 2.89 bits per heavy atom. The van der Waals surface area contributed by atoms with Crippen LogP contribution in [-0.4, -0.2) is 24.2 Å². The number of hydrogen-bond donors (Lipinski definition) is 1. The summed E-state index contributed by atoms with van der Waals surface area (Å²) in [5, 5.41) is 8.61. The minimum absolute atomic E-state index is 0.299. The van der Waals surface area contributed by atoms with Crippen molar-refractivity contribution >= 4 is 11.7 Å². The number of nitrogens with zero attached hydrogens (tertiary/aromatic N) is 1. The van der Waals surface area contributed by atoms with E-state index in [9.17, 15) is 4.79 Å². The number of carbonyl (C=O) groups is 1. The lowest BCUT2D eigenvalue weighted by molar-refractivity contribution is -0.137.